The number of aromatic amines is 1. The quantitative estimate of drug-likeness (QED) is 0.787. The third kappa shape index (κ3) is 4.08. The summed E-state index contributed by atoms with van der Waals surface area (Å²) in [4.78, 5) is 14.0. The molecule has 2 aromatic rings. The Balaban J connectivity index is 0.00000242. The van der Waals surface area contributed by atoms with Crippen LogP contribution in [0.4, 0.5) is 23.4 Å². The molecule has 1 heterocycles. The number of pyridine rings is 1. The molecule has 0 atom stereocenters. The van der Waals surface area contributed by atoms with Gasteiger partial charge in [0.15, 0.2) is 0 Å². The molecule has 0 aliphatic heterocycles. The van der Waals surface area contributed by atoms with Crippen molar-refractivity contribution in [1.82, 2.24) is 0 Å². The highest BCUT2D eigenvalue weighted by Crippen LogP contribution is 2.31. The van der Waals surface area contributed by atoms with Crippen LogP contribution < -0.4 is 22.7 Å². The maximum atomic E-state index is 13.4. The van der Waals surface area contributed by atoms with Crippen molar-refractivity contribution in [1.29, 1.82) is 0 Å². The lowest BCUT2D eigenvalue weighted by Gasteiger charge is -2.06. The van der Waals surface area contributed by atoms with Crippen LogP contribution >= 0.6 is 11.6 Å². The summed E-state index contributed by atoms with van der Waals surface area (Å²) in [6.45, 7) is 0. The van der Waals surface area contributed by atoms with E-state index >= 15 is 0 Å². The van der Waals surface area contributed by atoms with E-state index in [1.165, 1.54) is 18.2 Å². The monoisotopic (exact) mass is 354 g/mol. The zero-order valence-corrected chi connectivity index (χ0v) is 12.2. The minimum Gasteiger partial charge on any atom is -1.00 e. The number of hydrogen-bond donors (Lipinski definition) is 1. The second-order valence-corrected chi connectivity index (χ2v) is 4.45. The molecule has 2 N–H and O–H groups in total. The average molecular weight is 355 g/mol. The van der Waals surface area contributed by atoms with Gasteiger partial charge in [-0.2, -0.15) is 13.2 Å². The third-order valence-corrected chi connectivity index (χ3v) is 2.88. The number of halogens is 6. The molecule has 118 valence electrons. The lowest BCUT2D eigenvalue weighted by atomic mass is 10.2. The number of amides is 1. The van der Waals surface area contributed by atoms with Crippen LogP contribution in [-0.2, 0) is 6.18 Å². The van der Waals surface area contributed by atoms with Gasteiger partial charge in [0.2, 0.25) is 0 Å². The molecule has 1 aromatic heterocycles. The van der Waals surface area contributed by atoms with Crippen LogP contribution in [0.1, 0.15) is 15.9 Å². The van der Waals surface area contributed by atoms with Crippen molar-refractivity contribution in [2.75, 3.05) is 5.32 Å². The van der Waals surface area contributed by atoms with E-state index in [1.807, 2.05) is 0 Å². The summed E-state index contributed by atoms with van der Waals surface area (Å²) in [5.74, 6) is -1.73. The summed E-state index contributed by atoms with van der Waals surface area (Å²) in [6.07, 6.45) is -3.91. The van der Waals surface area contributed by atoms with E-state index in [4.69, 9.17) is 11.6 Å². The summed E-state index contributed by atoms with van der Waals surface area (Å²) < 4.78 is 50.8. The van der Waals surface area contributed by atoms with Gasteiger partial charge >= 0.3 is 12.1 Å². The maximum Gasteiger partial charge on any atom is 0.419 e. The lowest BCUT2D eigenvalue weighted by molar-refractivity contribution is -0.364. The van der Waals surface area contributed by atoms with Crippen molar-refractivity contribution in [3.8, 4) is 0 Å². The molecule has 0 unspecified atom stereocenters. The molecule has 0 aliphatic carbocycles. The summed E-state index contributed by atoms with van der Waals surface area (Å²) in [7, 11) is 0. The Morgan fingerprint density at radius 1 is 1.23 bits per heavy atom. The van der Waals surface area contributed by atoms with E-state index in [-0.39, 0.29) is 28.8 Å². The zero-order chi connectivity index (χ0) is 15.6. The fourth-order valence-corrected chi connectivity index (χ4v) is 1.77. The molecule has 0 saturated carbocycles. The van der Waals surface area contributed by atoms with Gasteiger partial charge in [0.25, 0.3) is 5.82 Å². The van der Waals surface area contributed by atoms with Crippen LogP contribution in [0.2, 0.25) is 5.02 Å². The third-order valence-electron chi connectivity index (χ3n) is 2.58. The molecule has 0 radical (unpaired) electrons. The van der Waals surface area contributed by atoms with Gasteiger partial charge in [0.1, 0.15) is 17.0 Å². The molecule has 0 spiro atoms. The van der Waals surface area contributed by atoms with Crippen LogP contribution in [0.3, 0.4) is 0 Å². The van der Waals surface area contributed by atoms with E-state index < -0.39 is 23.5 Å². The first-order valence-electron chi connectivity index (χ1n) is 5.63. The number of H-pyrrole nitrogens is 1. The molecule has 0 saturated heterocycles. The normalized spacial score (nSPS) is 10.8. The Morgan fingerprint density at radius 2 is 1.86 bits per heavy atom. The number of nitrogens with one attached hydrogen (secondary N) is 2. The highest BCUT2D eigenvalue weighted by Gasteiger charge is 2.33. The summed E-state index contributed by atoms with van der Waals surface area (Å²) in [5, 5.41) is 1.87. The van der Waals surface area contributed by atoms with Crippen LogP contribution in [0.15, 0.2) is 36.5 Å². The fraction of sp³-hybridized carbons (Fsp3) is 0.0769. The SMILES string of the molecule is O=C(Nc1[nH+]cc(C(F)(F)F)cc1Cl)c1ccccc1F.[Cl-]. The average Bonchev–Trinajstić information content (AvgIpc) is 2.40. The molecule has 3 nitrogen and oxygen atoms in total. The van der Waals surface area contributed by atoms with E-state index in [9.17, 15) is 22.4 Å². The molecule has 2 rings (SSSR count). The van der Waals surface area contributed by atoms with Crippen LogP contribution in [0, 0.1) is 5.82 Å². The number of carbonyl (C=O) groups is 1. The summed E-state index contributed by atoms with van der Waals surface area (Å²) in [5.41, 5.74) is -1.24. The van der Waals surface area contributed by atoms with E-state index in [0.29, 0.717) is 12.3 Å². The van der Waals surface area contributed by atoms with Gasteiger partial charge in [0.05, 0.1) is 11.1 Å². The predicted octanol–water partition coefficient (Wildman–Crippen LogP) is 0.568. The first-order chi connectivity index (χ1) is 9.79. The first-order valence-corrected chi connectivity index (χ1v) is 6.01. The molecule has 1 aromatic carbocycles. The number of hydrogen-bond acceptors (Lipinski definition) is 1. The highest BCUT2D eigenvalue weighted by molar-refractivity contribution is 6.33. The Kier molecular flexibility index (Phi) is 5.73. The van der Waals surface area contributed by atoms with Crippen molar-refractivity contribution in [3.63, 3.8) is 0 Å². The summed E-state index contributed by atoms with van der Waals surface area (Å²) >= 11 is 5.67. The van der Waals surface area contributed by atoms with Gasteiger partial charge in [0, 0.05) is 0 Å². The van der Waals surface area contributed by atoms with E-state index in [2.05, 4.69) is 10.3 Å². The van der Waals surface area contributed by atoms with Gasteiger partial charge in [-0.1, -0.05) is 23.7 Å². The molecular weight excluding hydrogens is 347 g/mol. The van der Waals surface area contributed by atoms with Crippen molar-refractivity contribution in [2.45, 2.75) is 6.18 Å². The Labute approximate surface area is 133 Å². The smallest absolute Gasteiger partial charge is 0.419 e. The minimum absolute atomic E-state index is 0. The van der Waals surface area contributed by atoms with Crippen molar-refractivity contribution < 1.29 is 39.7 Å². The maximum absolute atomic E-state index is 13.4. The molecule has 1 amide bonds. The topological polar surface area (TPSA) is 43.2 Å². The first kappa shape index (κ1) is 18.2. The minimum atomic E-state index is -4.56. The lowest BCUT2D eigenvalue weighted by Crippen LogP contribution is -3.00. The number of rotatable bonds is 2. The predicted molar refractivity (Wildman–Crippen MR) is 67.4 cm³/mol. The molecule has 9 heteroatoms. The number of carbonyl (C=O) groups excluding carboxylic acids is 1. The molecule has 0 fully saturated rings. The largest absolute Gasteiger partial charge is 1.00 e. The van der Waals surface area contributed by atoms with Crippen LogP contribution in [0.25, 0.3) is 0 Å². The van der Waals surface area contributed by atoms with Gasteiger partial charge in [-0.25, -0.2) is 19.5 Å². The molecule has 0 bridgehead atoms. The Bertz CT molecular complexity index is 692. The number of aromatic nitrogens is 1. The number of anilines is 1. The van der Waals surface area contributed by atoms with Crippen molar-refractivity contribution in [3.05, 3.63) is 58.5 Å². The van der Waals surface area contributed by atoms with Crippen molar-refractivity contribution >= 4 is 23.3 Å². The van der Waals surface area contributed by atoms with Crippen molar-refractivity contribution in [2.24, 2.45) is 0 Å². The molecule has 0 aliphatic rings. The number of alkyl halides is 3. The van der Waals surface area contributed by atoms with E-state index in [1.54, 1.807) is 0 Å². The van der Waals surface area contributed by atoms with Gasteiger partial charge in [-0.3, -0.25) is 0 Å². The second-order valence-electron chi connectivity index (χ2n) is 4.04. The molecule has 22 heavy (non-hydrogen) atoms. The van der Waals surface area contributed by atoms with Crippen LogP contribution in [0.5, 0.6) is 0 Å². The van der Waals surface area contributed by atoms with Gasteiger partial charge in [-0.05, 0) is 18.2 Å². The van der Waals surface area contributed by atoms with E-state index in [0.717, 1.165) is 6.07 Å². The van der Waals surface area contributed by atoms with Gasteiger partial charge < -0.3 is 12.4 Å². The standard InChI is InChI=1S/C13H7ClF4N2O.ClH/c14-9-5-7(13(16,17)18)6-19-11(9)20-12(21)8-3-1-2-4-10(8)15;/h1-6H,(H,19,20,21);1H. The Morgan fingerprint density at radius 3 is 2.41 bits per heavy atom. The highest BCUT2D eigenvalue weighted by atomic mass is 35.5. The fourth-order valence-electron chi connectivity index (χ4n) is 1.55. The van der Waals surface area contributed by atoms with Crippen LogP contribution in [-0.4, -0.2) is 5.91 Å². The second kappa shape index (κ2) is 6.93. The summed E-state index contributed by atoms with van der Waals surface area (Å²) in [6, 6.07) is 5.85. The number of benzene rings is 1. The molecular formula is C13H8Cl2F4N2O. The Hall–Kier alpha value is -1.86. The zero-order valence-electron chi connectivity index (χ0n) is 10.6. The van der Waals surface area contributed by atoms with Gasteiger partial charge in [-0.15, -0.1) is 0 Å².